The van der Waals surface area contributed by atoms with Gasteiger partial charge in [-0.05, 0) is 31.2 Å². The summed E-state index contributed by atoms with van der Waals surface area (Å²) in [6, 6.07) is 9.88. The summed E-state index contributed by atoms with van der Waals surface area (Å²) in [5.74, 6) is 0.812. The molecule has 0 amide bonds. The highest BCUT2D eigenvalue weighted by Crippen LogP contribution is 2.33. The molecule has 0 spiro atoms. The number of nitrogens with zero attached hydrogens (tertiary/aromatic N) is 3. The number of benzene rings is 1. The number of aromatic nitrogens is 3. The molecule has 0 atom stereocenters. The van der Waals surface area contributed by atoms with Crippen LogP contribution in [0.3, 0.4) is 0 Å². The normalized spacial score (nSPS) is 11.0. The minimum absolute atomic E-state index is 0.649. The molecule has 108 valence electrons. The number of aryl methyl sites for hydroxylation is 1. The molecule has 0 aliphatic carbocycles. The number of fused-ring (bicyclic) bond motifs is 1. The van der Waals surface area contributed by atoms with Crippen LogP contribution in [0.15, 0.2) is 42.7 Å². The second-order valence-corrected chi connectivity index (χ2v) is 4.81. The van der Waals surface area contributed by atoms with Crippen LogP contribution in [0.4, 0.5) is 0 Å². The van der Waals surface area contributed by atoms with Crippen LogP contribution in [0, 0.1) is 0 Å². The fourth-order valence-electron chi connectivity index (χ4n) is 2.47. The number of ether oxygens (including phenoxy) is 1. The van der Waals surface area contributed by atoms with Crippen molar-refractivity contribution in [1.82, 2.24) is 14.8 Å². The van der Waals surface area contributed by atoms with Gasteiger partial charge in [0, 0.05) is 29.9 Å². The molecular weight excluding hydrogens is 264 g/mol. The first-order valence-electron chi connectivity index (χ1n) is 6.99. The monoisotopic (exact) mass is 282 g/mol. The van der Waals surface area contributed by atoms with Gasteiger partial charge >= 0.3 is 0 Å². The Morgan fingerprint density at radius 1 is 1.24 bits per heavy atom. The summed E-state index contributed by atoms with van der Waals surface area (Å²) in [7, 11) is 1.67. The lowest BCUT2D eigenvalue weighted by Gasteiger charge is -2.05. The van der Waals surface area contributed by atoms with Crippen LogP contribution in [0.5, 0.6) is 5.75 Å². The van der Waals surface area contributed by atoms with Crippen molar-refractivity contribution in [3.8, 4) is 17.0 Å². The predicted molar refractivity (Wildman–Crippen MR) is 83.2 cm³/mol. The third-order valence-corrected chi connectivity index (χ3v) is 3.49. The highest BCUT2D eigenvalue weighted by atomic mass is 16.5. The van der Waals surface area contributed by atoms with Crippen molar-refractivity contribution in [2.75, 3.05) is 13.7 Å². The second kappa shape index (κ2) is 5.93. The Morgan fingerprint density at radius 3 is 2.90 bits per heavy atom. The van der Waals surface area contributed by atoms with E-state index in [2.05, 4.69) is 4.98 Å². The first-order chi connectivity index (χ1) is 10.3. The van der Waals surface area contributed by atoms with E-state index in [-0.39, 0.29) is 0 Å². The molecule has 3 rings (SSSR count). The highest BCUT2D eigenvalue weighted by molar-refractivity contribution is 5.94. The molecule has 2 aromatic heterocycles. The van der Waals surface area contributed by atoms with E-state index in [1.165, 1.54) is 0 Å². The average molecular weight is 282 g/mol. The van der Waals surface area contributed by atoms with Crippen LogP contribution in [-0.2, 0) is 6.54 Å². The molecule has 3 aromatic rings. The van der Waals surface area contributed by atoms with Crippen LogP contribution in [-0.4, -0.2) is 28.4 Å². The molecule has 0 fully saturated rings. The Morgan fingerprint density at radius 2 is 2.10 bits per heavy atom. The van der Waals surface area contributed by atoms with E-state index in [0.717, 1.165) is 40.9 Å². The van der Waals surface area contributed by atoms with Crippen molar-refractivity contribution >= 4 is 10.9 Å². The topological polar surface area (TPSA) is 66.0 Å². The number of para-hydroxylation sites is 1. The van der Waals surface area contributed by atoms with E-state index in [0.29, 0.717) is 6.54 Å². The van der Waals surface area contributed by atoms with Gasteiger partial charge in [0.25, 0.3) is 0 Å². The molecule has 0 aliphatic heterocycles. The van der Waals surface area contributed by atoms with Gasteiger partial charge in [-0.3, -0.25) is 9.67 Å². The molecule has 0 saturated heterocycles. The molecule has 2 heterocycles. The van der Waals surface area contributed by atoms with Crippen molar-refractivity contribution < 1.29 is 4.74 Å². The van der Waals surface area contributed by atoms with Gasteiger partial charge in [-0.2, -0.15) is 5.10 Å². The summed E-state index contributed by atoms with van der Waals surface area (Å²) in [6.45, 7) is 1.45. The summed E-state index contributed by atoms with van der Waals surface area (Å²) in [6.07, 6.45) is 4.53. The van der Waals surface area contributed by atoms with Gasteiger partial charge in [0.1, 0.15) is 11.4 Å². The Balaban J connectivity index is 2.18. The molecule has 2 N–H and O–H groups in total. The maximum absolute atomic E-state index is 5.61. The molecule has 0 radical (unpaired) electrons. The van der Waals surface area contributed by atoms with E-state index >= 15 is 0 Å². The van der Waals surface area contributed by atoms with Gasteiger partial charge in [-0.15, -0.1) is 0 Å². The Labute approximate surface area is 123 Å². The fraction of sp³-hybridized carbons (Fsp3) is 0.250. The van der Waals surface area contributed by atoms with Crippen LogP contribution in [0.25, 0.3) is 22.2 Å². The number of pyridine rings is 1. The van der Waals surface area contributed by atoms with E-state index in [4.69, 9.17) is 15.6 Å². The third-order valence-electron chi connectivity index (χ3n) is 3.49. The van der Waals surface area contributed by atoms with Crippen molar-refractivity contribution in [1.29, 1.82) is 0 Å². The highest BCUT2D eigenvalue weighted by Gasteiger charge is 2.15. The number of nitrogens with two attached hydrogens (primary N) is 1. The number of methoxy groups -OCH3 is 1. The lowest BCUT2D eigenvalue weighted by Crippen LogP contribution is -2.06. The molecule has 0 unspecified atom stereocenters. The van der Waals surface area contributed by atoms with E-state index in [1.807, 2.05) is 41.2 Å². The summed E-state index contributed by atoms with van der Waals surface area (Å²) in [5, 5.41) is 5.77. The summed E-state index contributed by atoms with van der Waals surface area (Å²) < 4.78 is 7.44. The first kappa shape index (κ1) is 13.6. The fourth-order valence-corrected chi connectivity index (χ4v) is 2.47. The summed E-state index contributed by atoms with van der Waals surface area (Å²) >= 11 is 0. The quantitative estimate of drug-likeness (QED) is 0.780. The maximum Gasteiger partial charge on any atom is 0.128 e. The van der Waals surface area contributed by atoms with E-state index in [9.17, 15) is 0 Å². The van der Waals surface area contributed by atoms with Gasteiger partial charge in [0.2, 0.25) is 0 Å². The zero-order valence-corrected chi connectivity index (χ0v) is 12.0. The van der Waals surface area contributed by atoms with Crippen LogP contribution in [0.1, 0.15) is 6.42 Å². The van der Waals surface area contributed by atoms with E-state index < -0.39 is 0 Å². The number of hydrogen-bond donors (Lipinski definition) is 1. The minimum atomic E-state index is 0.649. The minimum Gasteiger partial charge on any atom is -0.496 e. The molecule has 21 heavy (non-hydrogen) atoms. The molecular formula is C16H18N4O. The van der Waals surface area contributed by atoms with Gasteiger partial charge in [0.05, 0.1) is 12.6 Å². The smallest absolute Gasteiger partial charge is 0.128 e. The number of hydrogen-bond acceptors (Lipinski definition) is 4. The Kier molecular flexibility index (Phi) is 3.83. The zero-order valence-electron chi connectivity index (χ0n) is 12.0. The summed E-state index contributed by atoms with van der Waals surface area (Å²) in [5.41, 5.74) is 8.55. The van der Waals surface area contributed by atoms with Crippen molar-refractivity contribution in [3.63, 3.8) is 0 Å². The standard InChI is InChI=1S/C16H18N4O/c1-21-15-6-3-2-5-12(15)16-13-11-18-9-7-14(13)20(19-16)10-4-8-17/h2-3,5-7,9,11H,4,8,10,17H2,1H3. The van der Waals surface area contributed by atoms with Crippen LogP contribution in [0.2, 0.25) is 0 Å². The lowest BCUT2D eigenvalue weighted by atomic mass is 10.1. The first-order valence-corrected chi connectivity index (χ1v) is 6.99. The van der Waals surface area contributed by atoms with E-state index in [1.54, 1.807) is 13.3 Å². The Bertz CT molecular complexity index is 751. The van der Waals surface area contributed by atoms with Crippen LogP contribution >= 0.6 is 0 Å². The van der Waals surface area contributed by atoms with Gasteiger partial charge < -0.3 is 10.5 Å². The largest absolute Gasteiger partial charge is 0.496 e. The van der Waals surface area contributed by atoms with Gasteiger partial charge in [-0.25, -0.2) is 0 Å². The van der Waals surface area contributed by atoms with Crippen molar-refractivity contribution in [3.05, 3.63) is 42.7 Å². The van der Waals surface area contributed by atoms with Gasteiger partial charge in [-0.1, -0.05) is 12.1 Å². The average Bonchev–Trinajstić information content (AvgIpc) is 2.91. The second-order valence-electron chi connectivity index (χ2n) is 4.81. The van der Waals surface area contributed by atoms with Crippen molar-refractivity contribution in [2.24, 2.45) is 5.73 Å². The molecule has 5 heteroatoms. The molecule has 5 nitrogen and oxygen atoms in total. The van der Waals surface area contributed by atoms with Gasteiger partial charge in [0.15, 0.2) is 0 Å². The van der Waals surface area contributed by atoms with Crippen molar-refractivity contribution in [2.45, 2.75) is 13.0 Å². The molecule has 0 bridgehead atoms. The van der Waals surface area contributed by atoms with Crippen LogP contribution < -0.4 is 10.5 Å². The Hall–Kier alpha value is -2.40. The zero-order chi connectivity index (χ0) is 14.7. The number of rotatable bonds is 5. The molecule has 0 aliphatic rings. The third kappa shape index (κ3) is 2.48. The maximum atomic E-state index is 5.61. The summed E-state index contributed by atoms with van der Waals surface area (Å²) in [4.78, 5) is 4.23. The molecule has 0 saturated carbocycles. The SMILES string of the molecule is COc1ccccc1-c1nn(CCCN)c2ccncc12. The predicted octanol–water partition coefficient (Wildman–Crippen LogP) is 2.46. The molecule has 1 aromatic carbocycles. The lowest BCUT2D eigenvalue weighted by molar-refractivity contribution is 0.416.